The molecule has 0 saturated carbocycles. The second-order valence-corrected chi connectivity index (χ2v) is 5.07. The van der Waals surface area contributed by atoms with E-state index in [2.05, 4.69) is 10.6 Å². The molecule has 0 unspecified atom stereocenters. The van der Waals surface area contributed by atoms with Gasteiger partial charge in [0.05, 0.1) is 16.9 Å². The first-order chi connectivity index (χ1) is 9.59. The van der Waals surface area contributed by atoms with Gasteiger partial charge in [-0.05, 0) is 25.0 Å². The van der Waals surface area contributed by atoms with Gasteiger partial charge < -0.3 is 20.5 Å². The fraction of sp³-hybridized carbons (Fsp3) is 0.533. The minimum absolute atomic E-state index is 0.217. The standard InChI is InChI=1S/C15H22N2O3/c1-3-15(19,4-2)10-17-14(18)11-6-5-7-12-13(11)20-9-8-16-12/h5-7,16,19H,3-4,8-10H2,1-2H3,(H,17,18). The zero-order valence-electron chi connectivity index (χ0n) is 12.0. The van der Waals surface area contributed by atoms with Crippen molar-refractivity contribution in [2.45, 2.75) is 32.3 Å². The third-order valence-electron chi connectivity index (χ3n) is 3.82. The number of nitrogens with one attached hydrogen (secondary N) is 2. The highest BCUT2D eigenvalue weighted by atomic mass is 16.5. The number of benzene rings is 1. The van der Waals surface area contributed by atoms with Crippen molar-refractivity contribution >= 4 is 11.6 Å². The van der Waals surface area contributed by atoms with E-state index >= 15 is 0 Å². The summed E-state index contributed by atoms with van der Waals surface area (Å²) in [5.41, 5.74) is 0.498. The van der Waals surface area contributed by atoms with E-state index in [1.807, 2.05) is 26.0 Å². The fourth-order valence-electron chi connectivity index (χ4n) is 2.19. The van der Waals surface area contributed by atoms with Crippen molar-refractivity contribution in [3.63, 3.8) is 0 Å². The molecule has 1 aliphatic heterocycles. The van der Waals surface area contributed by atoms with E-state index in [0.29, 0.717) is 30.8 Å². The summed E-state index contributed by atoms with van der Waals surface area (Å²) >= 11 is 0. The number of para-hydroxylation sites is 1. The summed E-state index contributed by atoms with van der Waals surface area (Å²) in [6.45, 7) is 5.35. The number of aliphatic hydroxyl groups is 1. The van der Waals surface area contributed by atoms with E-state index in [0.717, 1.165) is 12.2 Å². The number of ether oxygens (including phenoxy) is 1. The molecule has 0 radical (unpaired) electrons. The lowest BCUT2D eigenvalue weighted by Gasteiger charge is -2.26. The zero-order chi connectivity index (χ0) is 14.6. The van der Waals surface area contributed by atoms with E-state index in [-0.39, 0.29) is 12.5 Å². The van der Waals surface area contributed by atoms with E-state index in [1.165, 1.54) is 0 Å². The number of rotatable bonds is 5. The van der Waals surface area contributed by atoms with Crippen molar-refractivity contribution in [1.29, 1.82) is 0 Å². The molecule has 3 N–H and O–H groups in total. The average Bonchev–Trinajstić information content (AvgIpc) is 2.51. The SMILES string of the molecule is CCC(O)(CC)CNC(=O)c1cccc2c1OCCN2. The molecule has 110 valence electrons. The molecule has 0 aliphatic carbocycles. The van der Waals surface area contributed by atoms with Crippen LogP contribution >= 0.6 is 0 Å². The van der Waals surface area contributed by atoms with Crippen LogP contribution in [0.15, 0.2) is 18.2 Å². The number of carbonyl (C=O) groups excluding carboxylic acids is 1. The van der Waals surface area contributed by atoms with Crippen LogP contribution in [0.5, 0.6) is 5.75 Å². The van der Waals surface area contributed by atoms with E-state index in [4.69, 9.17) is 4.74 Å². The van der Waals surface area contributed by atoms with Crippen molar-refractivity contribution in [2.24, 2.45) is 0 Å². The summed E-state index contributed by atoms with van der Waals surface area (Å²) in [6.07, 6.45) is 1.21. The first-order valence-electron chi connectivity index (χ1n) is 7.10. The summed E-state index contributed by atoms with van der Waals surface area (Å²) in [5, 5.41) is 16.2. The van der Waals surface area contributed by atoms with Gasteiger partial charge in [-0.1, -0.05) is 19.9 Å². The molecule has 2 rings (SSSR count). The Morgan fingerprint density at radius 1 is 1.45 bits per heavy atom. The molecule has 1 aromatic carbocycles. The monoisotopic (exact) mass is 278 g/mol. The lowest BCUT2D eigenvalue weighted by Crippen LogP contribution is -2.42. The highest BCUT2D eigenvalue weighted by molar-refractivity contribution is 5.99. The van der Waals surface area contributed by atoms with Gasteiger partial charge in [-0.3, -0.25) is 4.79 Å². The largest absolute Gasteiger partial charge is 0.489 e. The van der Waals surface area contributed by atoms with Gasteiger partial charge in [0.2, 0.25) is 0 Å². The van der Waals surface area contributed by atoms with Gasteiger partial charge in [0, 0.05) is 13.1 Å². The number of amides is 1. The number of anilines is 1. The van der Waals surface area contributed by atoms with Crippen LogP contribution in [0.1, 0.15) is 37.0 Å². The third-order valence-corrected chi connectivity index (χ3v) is 3.82. The highest BCUT2D eigenvalue weighted by Gasteiger charge is 2.25. The van der Waals surface area contributed by atoms with Gasteiger partial charge in [0.25, 0.3) is 5.91 Å². The first kappa shape index (κ1) is 14.7. The number of hydrogen-bond acceptors (Lipinski definition) is 4. The second-order valence-electron chi connectivity index (χ2n) is 5.07. The maximum Gasteiger partial charge on any atom is 0.255 e. The Balaban J connectivity index is 2.10. The fourth-order valence-corrected chi connectivity index (χ4v) is 2.19. The van der Waals surface area contributed by atoms with Crippen LogP contribution in [-0.4, -0.2) is 36.3 Å². The molecule has 0 bridgehead atoms. The van der Waals surface area contributed by atoms with E-state index in [9.17, 15) is 9.90 Å². The van der Waals surface area contributed by atoms with Crippen LogP contribution in [0, 0.1) is 0 Å². The third kappa shape index (κ3) is 3.04. The molecule has 0 fully saturated rings. The van der Waals surface area contributed by atoms with Crippen LogP contribution in [0.3, 0.4) is 0 Å². The van der Waals surface area contributed by atoms with E-state index in [1.54, 1.807) is 6.07 Å². The molecular formula is C15H22N2O3. The Bertz CT molecular complexity index is 484. The molecule has 1 heterocycles. The van der Waals surface area contributed by atoms with Crippen LogP contribution in [-0.2, 0) is 0 Å². The summed E-state index contributed by atoms with van der Waals surface area (Å²) < 4.78 is 5.57. The topological polar surface area (TPSA) is 70.6 Å². The molecule has 1 amide bonds. The Labute approximate surface area is 119 Å². The molecule has 1 aromatic rings. The first-order valence-corrected chi connectivity index (χ1v) is 7.10. The molecule has 0 atom stereocenters. The van der Waals surface area contributed by atoms with Crippen LogP contribution < -0.4 is 15.4 Å². The lowest BCUT2D eigenvalue weighted by molar-refractivity contribution is 0.0313. The molecule has 20 heavy (non-hydrogen) atoms. The predicted molar refractivity (Wildman–Crippen MR) is 78.3 cm³/mol. The maximum atomic E-state index is 12.3. The number of hydrogen-bond donors (Lipinski definition) is 3. The molecule has 5 heteroatoms. The summed E-state index contributed by atoms with van der Waals surface area (Å²) in [6, 6.07) is 5.44. The Kier molecular flexibility index (Phi) is 4.49. The van der Waals surface area contributed by atoms with Crippen molar-refractivity contribution < 1.29 is 14.6 Å². The van der Waals surface area contributed by atoms with Crippen molar-refractivity contribution in [2.75, 3.05) is 25.0 Å². The predicted octanol–water partition coefficient (Wildman–Crippen LogP) is 1.77. The van der Waals surface area contributed by atoms with Crippen molar-refractivity contribution in [3.8, 4) is 5.75 Å². The minimum atomic E-state index is -0.844. The van der Waals surface area contributed by atoms with Gasteiger partial charge in [-0.25, -0.2) is 0 Å². The molecule has 0 aromatic heterocycles. The number of carbonyl (C=O) groups is 1. The van der Waals surface area contributed by atoms with Crippen LogP contribution in [0.25, 0.3) is 0 Å². The van der Waals surface area contributed by atoms with Crippen molar-refractivity contribution in [3.05, 3.63) is 23.8 Å². The molecule has 1 aliphatic rings. The van der Waals surface area contributed by atoms with Crippen LogP contribution in [0.2, 0.25) is 0 Å². The molecule has 0 spiro atoms. The minimum Gasteiger partial charge on any atom is -0.489 e. The maximum absolute atomic E-state index is 12.3. The zero-order valence-corrected chi connectivity index (χ0v) is 12.0. The van der Waals surface area contributed by atoms with Gasteiger partial charge in [-0.15, -0.1) is 0 Å². The Morgan fingerprint density at radius 3 is 2.90 bits per heavy atom. The van der Waals surface area contributed by atoms with Crippen LogP contribution in [0.4, 0.5) is 5.69 Å². The van der Waals surface area contributed by atoms with E-state index < -0.39 is 5.60 Å². The second kappa shape index (κ2) is 6.13. The molecule has 5 nitrogen and oxygen atoms in total. The van der Waals surface area contributed by atoms with Gasteiger partial charge in [0.1, 0.15) is 6.61 Å². The molecular weight excluding hydrogens is 256 g/mol. The number of fused-ring (bicyclic) bond motifs is 1. The average molecular weight is 278 g/mol. The van der Waals surface area contributed by atoms with Gasteiger partial charge in [0.15, 0.2) is 5.75 Å². The summed E-state index contributed by atoms with van der Waals surface area (Å²) in [7, 11) is 0. The lowest BCUT2D eigenvalue weighted by atomic mass is 9.97. The summed E-state index contributed by atoms with van der Waals surface area (Å²) in [5.74, 6) is 0.374. The smallest absolute Gasteiger partial charge is 0.255 e. The van der Waals surface area contributed by atoms with Crippen molar-refractivity contribution in [1.82, 2.24) is 5.32 Å². The highest BCUT2D eigenvalue weighted by Crippen LogP contribution is 2.31. The molecule has 0 saturated heterocycles. The quantitative estimate of drug-likeness (QED) is 0.767. The van der Waals surface area contributed by atoms with Gasteiger partial charge in [-0.2, -0.15) is 0 Å². The Morgan fingerprint density at radius 2 is 2.20 bits per heavy atom. The summed E-state index contributed by atoms with van der Waals surface area (Å²) in [4.78, 5) is 12.3. The Hall–Kier alpha value is -1.75. The normalized spacial score (nSPS) is 13.9. The van der Waals surface area contributed by atoms with Gasteiger partial charge >= 0.3 is 0 Å².